The van der Waals surface area contributed by atoms with Crippen molar-refractivity contribution in [2.75, 3.05) is 24.5 Å². The third-order valence-electron chi connectivity index (χ3n) is 3.10. The maximum Gasteiger partial charge on any atom is 0.270 e. The van der Waals surface area contributed by atoms with E-state index in [2.05, 4.69) is 27.5 Å². The normalized spacial score (nSPS) is 19.6. The standard InChI is InChI=1S/C11H14IN3O2/c12-10-5-9(15(16)17)1-2-11(10)14-4-3-8(6-13)7-14/h1-2,5,8H,3-4,6-7,13H2. The number of nitrogens with two attached hydrogens (primary N) is 1. The highest BCUT2D eigenvalue weighted by molar-refractivity contribution is 14.1. The number of hydrogen-bond donors (Lipinski definition) is 1. The lowest BCUT2D eigenvalue weighted by molar-refractivity contribution is -0.384. The van der Waals surface area contributed by atoms with Crippen molar-refractivity contribution in [2.24, 2.45) is 11.7 Å². The maximum absolute atomic E-state index is 10.7. The lowest BCUT2D eigenvalue weighted by Gasteiger charge is -2.19. The van der Waals surface area contributed by atoms with Crippen LogP contribution >= 0.6 is 22.6 Å². The first kappa shape index (κ1) is 12.6. The van der Waals surface area contributed by atoms with Gasteiger partial charge in [-0.2, -0.15) is 0 Å². The van der Waals surface area contributed by atoms with Gasteiger partial charge in [-0.25, -0.2) is 0 Å². The first-order valence-electron chi connectivity index (χ1n) is 5.50. The van der Waals surface area contributed by atoms with Gasteiger partial charge >= 0.3 is 0 Å². The van der Waals surface area contributed by atoms with Gasteiger partial charge in [-0.05, 0) is 47.5 Å². The molecule has 1 aromatic rings. The number of nitro groups is 1. The molecule has 0 radical (unpaired) electrons. The van der Waals surface area contributed by atoms with Gasteiger partial charge in [-0.3, -0.25) is 10.1 Å². The summed E-state index contributed by atoms with van der Waals surface area (Å²) in [6, 6.07) is 5.01. The average Bonchev–Trinajstić information content (AvgIpc) is 2.77. The predicted molar refractivity (Wildman–Crippen MR) is 75.2 cm³/mol. The summed E-state index contributed by atoms with van der Waals surface area (Å²) in [4.78, 5) is 12.5. The van der Waals surface area contributed by atoms with Crippen molar-refractivity contribution in [1.82, 2.24) is 0 Å². The fourth-order valence-corrected chi connectivity index (χ4v) is 2.95. The minimum Gasteiger partial charge on any atom is -0.370 e. The Morgan fingerprint density at radius 2 is 2.35 bits per heavy atom. The van der Waals surface area contributed by atoms with Gasteiger partial charge in [0.25, 0.3) is 5.69 Å². The Morgan fingerprint density at radius 1 is 1.59 bits per heavy atom. The van der Waals surface area contributed by atoms with Crippen LogP contribution in [0.2, 0.25) is 0 Å². The van der Waals surface area contributed by atoms with Crippen LogP contribution in [0.4, 0.5) is 11.4 Å². The summed E-state index contributed by atoms with van der Waals surface area (Å²) in [5.41, 5.74) is 6.88. The van der Waals surface area contributed by atoms with Crippen molar-refractivity contribution >= 4 is 34.0 Å². The second-order valence-electron chi connectivity index (χ2n) is 4.23. The Labute approximate surface area is 113 Å². The second-order valence-corrected chi connectivity index (χ2v) is 5.39. The summed E-state index contributed by atoms with van der Waals surface area (Å²) in [5.74, 6) is 0.543. The average molecular weight is 347 g/mol. The van der Waals surface area contributed by atoms with Gasteiger partial charge in [0.15, 0.2) is 0 Å². The Morgan fingerprint density at radius 3 is 2.88 bits per heavy atom. The molecule has 0 bridgehead atoms. The summed E-state index contributed by atoms with van der Waals surface area (Å²) < 4.78 is 0.925. The van der Waals surface area contributed by atoms with Crippen molar-refractivity contribution in [3.63, 3.8) is 0 Å². The molecule has 1 aromatic carbocycles. The minimum atomic E-state index is -0.362. The molecule has 1 atom stereocenters. The number of nitro benzene ring substituents is 1. The monoisotopic (exact) mass is 347 g/mol. The zero-order chi connectivity index (χ0) is 12.4. The van der Waals surface area contributed by atoms with Gasteiger partial charge < -0.3 is 10.6 Å². The molecule has 6 heteroatoms. The largest absolute Gasteiger partial charge is 0.370 e. The second kappa shape index (κ2) is 5.18. The minimum absolute atomic E-state index is 0.146. The van der Waals surface area contributed by atoms with Gasteiger partial charge in [-0.15, -0.1) is 0 Å². The number of halogens is 1. The van der Waals surface area contributed by atoms with Crippen LogP contribution in [0.3, 0.4) is 0 Å². The van der Waals surface area contributed by atoms with E-state index < -0.39 is 0 Å². The molecular formula is C11H14IN3O2. The van der Waals surface area contributed by atoms with Crippen LogP contribution < -0.4 is 10.6 Å². The highest BCUT2D eigenvalue weighted by Gasteiger charge is 2.23. The van der Waals surface area contributed by atoms with Crippen molar-refractivity contribution < 1.29 is 4.92 Å². The molecule has 0 aromatic heterocycles. The number of hydrogen-bond acceptors (Lipinski definition) is 4. The molecule has 1 unspecified atom stereocenters. The third-order valence-corrected chi connectivity index (χ3v) is 3.97. The zero-order valence-corrected chi connectivity index (χ0v) is 11.5. The number of non-ortho nitro benzene ring substituents is 1. The van der Waals surface area contributed by atoms with Gasteiger partial charge in [-0.1, -0.05) is 0 Å². The molecule has 0 saturated carbocycles. The Balaban J connectivity index is 2.20. The molecule has 1 heterocycles. The van der Waals surface area contributed by atoms with Crippen molar-refractivity contribution in [3.8, 4) is 0 Å². The zero-order valence-electron chi connectivity index (χ0n) is 9.30. The van der Waals surface area contributed by atoms with E-state index in [1.807, 2.05) is 6.07 Å². The Bertz CT molecular complexity index is 439. The molecule has 1 saturated heterocycles. The van der Waals surface area contributed by atoms with Crippen molar-refractivity contribution in [3.05, 3.63) is 31.9 Å². The van der Waals surface area contributed by atoms with Crippen LogP contribution in [0.15, 0.2) is 18.2 Å². The first-order chi connectivity index (χ1) is 8.11. The van der Waals surface area contributed by atoms with Crippen LogP contribution in [0.1, 0.15) is 6.42 Å². The van der Waals surface area contributed by atoms with Gasteiger partial charge in [0.2, 0.25) is 0 Å². The molecule has 0 aliphatic carbocycles. The maximum atomic E-state index is 10.7. The van der Waals surface area contributed by atoms with E-state index >= 15 is 0 Å². The molecule has 0 amide bonds. The van der Waals surface area contributed by atoms with E-state index in [0.29, 0.717) is 12.5 Å². The smallest absolute Gasteiger partial charge is 0.270 e. The molecule has 5 nitrogen and oxygen atoms in total. The molecule has 17 heavy (non-hydrogen) atoms. The van der Waals surface area contributed by atoms with E-state index in [0.717, 1.165) is 28.8 Å². The van der Waals surface area contributed by atoms with Gasteiger partial charge in [0.1, 0.15) is 0 Å². The van der Waals surface area contributed by atoms with E-state index in [-0.39, 0.29) is 10.6 Å². The Kier molecular flexibility index (Phi) is 3.82. The Hall–Kier alpha value is -0.890. The van der Waals surface area contributed by atoms with Gasteiger partial charge in [0, 0.05) is 28.8 Å². The number of benzene rings is 1. The lowest BCUT2D eigenvalue weighted by Crippen LogP contribution is -2.23. The van der Waals surface area contributed by atoms with Crippen LogP contribution in [-0.4, -0.2) is 24.6 Å². The summed E-state index contributed by atoms with van der Waals surface area (Å²) in [5, 5.41) is 10.7. The lowest BCUT2D eigenvalue weighted by atomic mass is 10.1. The molecule has 1 aliphatic heterocycles. The SMILES string of the molecule is NCC1CCN(c2ccc([N+](=O)[O-])cc2I)C1. The van der Waals surface area contributed by atoms with E-state index in [1.165, 1.54) is 0 Å². The van der Waals surface area contributed by atoms with Crippen molar-refractivity contribution in [2.45, 2.75) is 6.42 Å². The van der Waals surface area contributed by atoms with Crippen LogP contribution in [0.5, 0.6) is 0 Å². The highest BCUT2D eigenvalue weighted by Crippen LogP contribution is 2.30. The number of anilines is 1. The molecule has 2 N–H and O–H groups in total. The first-order valence-corrected chi connectivity index (χ1v) is 6.58. The fraction of sp³-hybridized carbons (Fsp3) is 0.455. The van der Waals surface area contributed by atoms with Crippen LogP contribution in [0.25, 0.3) is 0 Å². The highest BCUT2D eigenvalue weighted by atomic mass is 127. The third kappa shape index (κ3) is 2.68. The van der Waals surface area contributed by atoms with Crippen molar-refractivity contribution in [1.29, 1.82) is 0 Å². The quantitative estimate of drug-likeness (QED) is 0.516. The number of nitrogens with zero attached hydrogens (tertiary/aromatic N) is 2. The van der Waals surface area contributed by atoms with Crippen LogP contribution in [0, 0.1) is 19.6 Å². The van der Waals surface area contributed by atoms with E-state index in [9.17, 15) is 10.1 Å². The summed E-state index contributed by atoms with van der Waals surface area (Å²) in [7, 11) is 0. The topological polar surface area (TPSA) is 72.4 Å². The summed E-state index contributed by atoms with van der Waals surface area (Å²) >= 11 is 2.15. The molecule has 2 rings (SSSR count). The molecule has 0 spiro atoms. The number of rotatable bonds is 3. The summed E-state index contributed by atoms with van der Waals surface area (Å²) in [6.07, 6.45) is 1.10. The molecule has 1 fully saturated rings. The summed E-state index contributed by atoms with van der Waals surface area (Å²) in [6.45, 7) is 2.64. The van der Waals surface area contributed by atoms with Crippen LogP contribution in [-0.2, 0) is 0 Å². The van der Waals surface area contributed by atoms with E-state index in [1.54, 1.807) is 12.1 Å². The predicted octanol–water partition coefficient (Wildman–Crippen LogP) is 1.98. The van der Waals surface area contributed by atoms with Gasteiger partial charge in [0.05, 0.1) is 10.6 Å². The van der Waals surface area contributed by atoms with E-state index in [4.69, 9.17) is 5.73 Å². The fourth-order valence-electron chi connectivity index (χ4n) is 2.11. The molecule has 1 aliphatic rings. The molecule has 92 valence electrons. The molecular weight excluding hydrogens is 333 g/mol.